The van der Waals surface area contributed by atoms with E-state index in [0.717, 1.165) is 13.1 Å². The summed E-state index contributed by atoms with van der Waals surface area (Å²) in [6.07, 6.45) is 4.14. The molecule has 1 aromatic carbocycles. The first kappa shape index (κ1) is 16.9. The molecule has 26 heavy (non-hydrogen) atoms. The van der Waals surface area contributed by atoms with Gasteiger partial charge in [-0.25, -0.2) is 14.1 Å². The van der Waals surface area contributed by atoms with Crippen LogP contribution in [0.3, 0.4) is 0 Å². The van der Waals surface area contributed by atoms with Gasteiger partial charge in [0.1, 0.15) is 17.5 Å². The molecule has 1 aliphatic rings. The van der Waals surface area contributed by atoms with Gasteiger partial charge in [0.25, 0.3) is 5.56 Å². The molecule has 0 atom stereocenters. The fourth-order valence-corrected chi connectivity index (χ4v) is 3.34. The highest BCUT2D eigenvalue weighted by atomic mass is 19.1. The third-order valence-electron chi connectivity index (χ3n) is 5.01. The molecular weight excluding hydrogens is 337 g/mol. The maximum atomic E-state index is 13.1. The van der Waals surface area contributed by atoms with E-state index in [9.17, 15) is 14.3 Å². The molecule has 1 fully saturated rings. The number of likely N-dealkylation sites (tertiary alicyclic amines) is 1. The summed E-state index contributed by atoms with van der Waals surface area (Å²) in [6, 6.07) is 5.83. The van der Waals surface area contributed by atoms with E-state index in [4.69, 9.17) is 0 Å². The molecule has 2 aromatic heterocycles. The minimum atomic E-state index is -0.904. The predicted octanol–water partition coefficient (Wildman–Crippen LogP) is 1.18. The van der Waals surface area contributed by atoms with Crippen molar-refractivity contribution in [3.8, 4) is 5.69 Å². The zero-order chi connectivity index (χ0) is 18.3. The van der Waals surface area contributed by atoms with Crippen molar-refractivity contribution in [1.82, 2.24) is 24.2 Å². The van der Waals surface area contributed by atoms with Crippen molar-refractivity contribution in [1.29, 1.82) is 0 Å². The van der Waals surface area contributed by atoms with Crippen LogP contribution in [0.2, 0.25) is 0 Å². The van der Waals surface area contributed by atoms with Gasteiger partial charge in [-0.3, -0.25) is 9.36 Å². The van der Waals surface area contributed by atoms with Gasteiger partial charge in [0, 0.05) is 13.1 Å². The van der Waals surface area contributed by atoms with Gasteiger partial charge in [0.05, 0.1) is 24.0 Å². The van der Waals surface area contributed by atoms with Crippen LogP contribution >= 0.6 is 0 Å². The van der Waals surface area contributed by atoms with Gasteiger partial charge in [0.15, 0.2) is 5.65 Å². The number of rotatable bonds is 3. The first-order chi connectivity index (χ1) is 12.5. The number of nitrogens with zero attached hydrogens (tertiary/aromatic N) is 5. The van der Waals surface area contributed by atoms with Crippen LogP contribution in [-0.4, -0.2) is 55.1 Å². The van der Waals surface area contributed by atoms with Gasteiger partial charge in [-0.05, 0) is 44.2 Å². The van der Waals surface area contributed by atoms with E-state index in [1.807, 2.05) is 7.05 Å². The minimum Gasteiger partial charge on any atom is -0.388 e. The average molecular weight is 357 g/mol. The Labute approximate surface area is 149 Å². The van der Waals surface area contributed by atoms with Crippen LogP contribution in [0.1, 0.15) is 12.8 Å². The molecule has 4 rings (SSSR count). The highest BCUT2D eigenvalue weighted by molar-refractivity contribution is 5.74. The summed E-state index contributed by atoms with van der Waals surface area (Å²) >= 11 is 0. The van der Waals surface area contributed by atoms with Crippen LogP contribution in [0.25, 0.3) is 16.7 Å². The van der Waals surface area contributed by atoms with E-state index in [0.29, 0.717) is 29.6 Å². The van der Waals surface area contributed by atoms with Crippen LogP contribution in [-0.2, 0) is 6.54 Å². The summed E-state index contributed by atoms with van der Waals surface area (Å²) in [5.41, 5.74) is -0.109. The van der Waals surface area contributed by atoms with Gasteiger partial charge < -0.3 is 10.0 Å². The van der Waals surface area contributed by atoms with Gasteiger partial charge >= 0.3 is 0 Å². The van der Waals surface area contributed by atoms with Gasteiger partial charge in [0.2, 0.25) is 0 Å². The van der Waals surface area contributed by atoms with Gasteiger partial charge in [-0.15, -0.1) is 0 Å². The Morgan fingerprint density at radius 1 is 1.23 bits per heavy atom. The molecule has 1 aliphatic heterocycles. The van der Waals surface area contributed by atoms with Crippen molar-refractivity contribution in [2.24, 2.45) is 0 Å². The topological polar surface area (TPSA) is 76.2 Å². The lowest BCUT2D eigenvalue weighted by atomic mass is 9.91. The summed E-state index contributed by atoms with van der Waals surface area (Å²) in [7, 11) is 2.02. The molecule has 3 heterocycles. The second kappa shape index (κ2) is 6.30. The van der Waals surface area contributed by atoms with Crippen LogP contribution in [0, 0.1) is 5.82 Å². The first-order valence-electron chi connectivity index (χ1n) is 8.55. The second-order valence-corrected chi connectivity index (χ2v) is 6.98. The lowest BCUT2D eigenvalue weighted by Crippen LogP contribution is -2.46. The molecular formula is C18H20FN5O2. The maximum absolute atomic E-state index is 13.1. The normalized spacial score (nSPS) is 17.7. The number of fused-ring (bicyclic) bond motifs is 1. The van der Waals surface area contributed by atoms with Crippen molar-refractivity contribution in [2.75, 3.05) is 20.1 Å². The van der Waals surface area contributed by atoms with Crippen molar-refractivity contribution < 1.29 is 9.50 Å². The zero-order valence-corrected chi connectivity index (χ0v) is 14.5. The molecule has 0 amide bonds. The number of hydrogen-bond donors (Lipinski definition) is 1. The molecule has 7 nitrogen and oxygen atoms in total. The molecule has 136 valence electrons. The van der Waals surface area contributed by atoms with Crippen LogP contribution < -0.4 is 5.56 Å². The summed E-state index contributed by atoms with van der Waals surface area (Å²) in [5.74, 6) is -0.341. The van der Waals surface area contributed by atoms with Crippen molar-refractivity contribution in [3.63, 3.8) is 0 Å². The van der Waals surface area contributed by atoms with E-state index in [1.165, 1.54) is 33.9 Å². The first-order valence-corrected chi connectivity index (χ1v) is 8.55. The third kappa shape index (κ3) is 3.02. The Morgan fingerprint density at radius 2 is 1.92 bits per heavy atom. The highest BCUT2D eigenvalue weighted by Crippen LogP contribution is 2.23. The number of aromatic nitrogens is 4. The molecule has 0 radical (unpaired) electrons. The molecule has 0 aliphatic carbocycles. The van der Waals surface area contributed by atoms with E-state index in [2.05, 4.69) is 15.0 Å². The Kier molecular flexibility index (Phi) is 4.08. The Balaban J connectivity index is 1.68. The monoisotopic (exact) mass is 357 g/mol. The summed E-state index contributed by atoms with van der Waals surface area (Å²) in [5, 5.41) is 15.4. The Morgan fingerprint density at radius 3 is 2.62 bits per heavy atom. The number of hydrogen-bond acceptors (Lipinski definition) is 5. The number of piperidine rings is 1. The smallest absolute Gasteiger partial charge is 0.264 e. The Bertz CT molecular complexity index is 987. The third-order valence-corrected chi connectivity index (χ3v) is 5.01. The molecule has 0 saturated carbocycles. The molecule has 1 N–H and O–H groups in total. The summed E-state index contributed by atoms with van der Waals surface area (Å²) in [4.78, 5) is 19.3. The van der Waals surface area contributed by atoms with Crippen molar-refractivity contribution >= 4 is 11.0 Å². The number of aliphatic hydroxyl groups is 1. The quantitative estimate of drug-likeness (QED) is 0.762. The van der Waals surface area contributed by atoms with Crippen molar-refractivity contribution in [3.05, 3.63) is 53.0 Å². The standard InChI is InChI=1S/C18H20FN5O2/c1-22-8-6-18(26,7-9-22)11-23-12-20-16-15(17(23)25)10-21-24(16)14-4-2-13(19)3-5-14/h2-5,10,12,26H,6-9,11H2,1H3. The Hall–Kier alpha value is -2.58. The molecule has 0 bridgehead atoms. The minimum absolute atomic E-state index is 0.213. The lowest BCUT2D eigenvalue weighted by molar-refractivity contribution is -0.0298. The van der Waals surface area contributed by atoms with Crippen molar-refractivity contribution in [2.45, 2.75) is 25.0 Å². The SMILES string of the molecule is CN1CCC(O)(Cn2cnc3c(cnn3-c3ccc(F)cc3)c2=O)CC1. The lowest BCUT2D eigenvalue weighted by Gasteiger charge is -2.36. The zero-order valence-electron chi connectivity index (χ0n) is 14.5. The molecule has 0 spiro atoms. The predicted molar refractivity (Wildman–Crippen MR) is 94.8 cm³/mol. The molecule has 0 unspecified atom stereocenters. The van der Waals surface area contributed by atoms with E-state index >= 15 is 0 Å². The fraction of sp³-hybridized carbons (Fsp3) is 0.389. The van der Waals surface area contributed by atoms with Crippen LogP contribution in [0.4, 0.5) is 4.39 Å². The summed E-state index contributed by atoms with van der Waals surface area (Å²) < 4.78 is 16.1. The number of halogens is 1. The number of benzene rings is 1. The van der Waals surface area contributed by atoms with E-state index < -0.39 is 5.60 Å². The molecule has 1 saturated heterocycles. The molecule has 8 heteroatoms. The van der Waals surface area contributed by atoms with Gasteiger partial charge in [-0.2, -0.15) is 5.10 Å². The van der Waals surface area contributed by atoms with E-state index in [1.54, 1.807) is 12.1 Å². The average Bonchev–Trinajstić information content (AvgIpc) is 3.06. The maximum Gasteiger partial charge on any atom is 0.264 e. The van der Waals surface area contributed by atoms with Crippen LogP contribution in [0.15, 0.2) is 41.6 Å². The van der Waals surface area contributed by atoms with Crippen LogP contribution in [0.5, 0.6) is 0 Å². The second-order valence-electron chi connectivity index (χ2n) is 6.98. The largest absolute Gasteiger partial charge is 0.388 e. The molecule has 3 aromatic rings. The fourth-order valence-electron chi connectivity index (χ4n) is 3.34. The highest BCUT2D eigenvalue weighted by Gasteiger charge is 2.32. The van der Waals surface area contributed by atoms with Gasteiger partial charge in [-0.1, -0.05) is 0 Å². The van der Waals surface area contributed by atoms with E-state index in [-0.39, 0.29) is 17.9 Å². The summed E-state index contributed by atoms with van der Waals surface area (Å²) in [6.45, 7) is 1.80.